The predicted molar refractivity (Wildman–Crippen MR) is 99.6 cm³/mol. The summed E-state index contributed by atoms with van der Waals surface area (Å²) in [5.41, 5.74) is 7.46. The summed E-state index contributed by atoms with van der Waals surface area (Å²) >= 11 is 0. The van der Waals surface area contributed by atoms with Crippen molar-refractivity contribution < 1.29 is 8.42 Å². The van der Waals surface area contributed by atoms with Gasteiger partial charge in [-0.25, -0.2) is 12.7 Å². The maximum atomic E-state index is 12.7. The number of fused-ring (bicyclic) bond motifs is 1. The van der Waals surface area contributed by atoms with Gasteiger partial charge in [-0.1, -0.05) is 24.3 Å². The summed E-state index contributed by atoms with van der Waals surface area (Å²) < 4.78 is 27.1. The van der Waals surface area contributed by atoms with Crippen LogP contribution in [0.25, 0.3) is 10.9 Å². The zero-order chi connectivity index (χ0) is 16.4. The molecule has 3 rings (SSSR count). The van der Waals surface area contributed by atoms with Crippen LogP contribution in [0.1, 0.15) is 25.3 Å². The maximum Gasteiger partial charge on any atom is 0.218 e. The molecule has 1 aromatic heterocycles. The van der Waals surface area contributed by atoms with Crippen molar-refractivity contribution in [3.8, 4) is 0 Å². The first kappa shape index (κ1) is 19.1. The van der Waals surface area contributed by atoms with Crippen molar-refractivity contribution in [1.82, 2.24) is 9.29 Å². The van der Waals surface area contributed by atoms with Crippen molar-refractivity contribution in [3.63, 3.8) is 0 Å². The smallest absolute Gasteiger partial charge is 0.218 e. The van der Waals surface area contributed by atoms with Gasteiger partial charge < -0.3 is 5.73 Å². The second-order valence-electron chi connectivity index (χ2n) is 6.34. The van der Waals surface area contributed by atoms with Crippen LogP contribution in [-0.4, -0.2) is 36.8 Å². The van der Waals surface area contributed by atoms with Gasteiger partial charge in [0.25, 0.3) is 0 Å². The van der Waals surface area contributed by atoms with Crippen LogP contribution in [0.2, 0.25) is 0 Å². The van der Waals surface area contributed by atoms with Gasteiger partial charge in [0.2, 0.25) is 10.0 Å². The highest BCUT2D eigenvalue weighted by molar-refractivity contribution is 7.88. The monoisotopic (exact) mass is 369 g/mol. The van der Waals surface area contributed by atoms with Crippen molar-refractivity contribution in [1.29, 1.82) is 0 Å². The summed E-state index contributed by atoms with van der Waals surface area (Å²) in [6, 6.07) is 9.62. The van der Waals surface area contributed by atoms with Crippen LogP contribution >= 0.6 is 12.4 Å². The fourth-order valence-corrected chi connectivity index (χ4v) is 4.83. The molecule has 24 heavy (non-hydrogen) atoms. The standard InChI is InChI=1S/C17H23N3O2S.ClH/c1-13(18)14-7-10-20(11-8-14)23(21,22)12-16-5-2-4-15-6-3-9-19-17(15)16;/h2-6,9,13-14H,7-8,10-12,18H2,1H3;1H. The average Bonchev–Trinajstić information content (AvgIpc) is 2.55. The Morgan fingerprint density at radius 2 is 1.92 bits per heavy atom. The van der Waals surface area contributed by atoms with Crippen LogP contribution in [-0.2, 0) is 15.8 Å². The number of aromatic nitrogens is 1. The predicted octanol–water partition coefficient (Wildman–Crippen LogP) is 2.55. The van der Waals surface area contributed by atoms with E-state index in [4.69, 9.17) is 5.73 Å². The zero-order valence-corrected chi connectivity index (χ0v) is 15.4. The number of hydrogen-bond acceptors (Lipinski definition) is 4. The molecule has 1 aliphatic heterocycles. The van der Waals surface area contributed by atoms with Gasteiger partial charge in [-0.2, -0.15) is 0 Å². The van der Waals surface area contributed by atoms with Crippen molar-refractivity contribution in [2.45, 2.75) is 31.6 Å². The Balaban J connectivity index is 0.00000208. The number of para-hydroxylation sites is 1. The van der Waals surface area contributed by atoms with Gasteiger partial charge in [-0.05, 0) is 37.3 Å². The Bertz CT molecular complexity index is 782. The molecule has 1 aromatic carbocycles. The number of benzene rings is 1. The molecule has 0 bridgehead atoms. The van der Waals surface area contributed by atoms with Gasteiger partial charge in [0, 0.05) is 30.7 Å². The number of halogens is 1. The van der Waals surface area contributed by atoms with Crippen molar-refractivity contribution in [2.24, 2.45) is 11.7 Å². The van der Waals surface area contributed by atoms with E-state index in [-0.39, 0.29) is 24.2 Å². The second kappa shape index (κ2) is 7.78. The van der Waals surface area contributed by atoms with E-state index in [1.807, 2.05) is 37.3 Å². The molecule has 0 amide bonds. The first-order valence-corrected chi connectivity index (χ1v) is 9.64. The number of hydrogen-bond donors (Lipinski definition) is 1. The van der Waals surface area contributed by atoms with Gasteiger partial charge >= 0.3 is 0 Å². The Labute approximate surface area is 149 Å². The number of nitrogens with two attached hydrogens (primary N) is 1. The largest absolute Gasteiger partial charge is 0.328 e. The van der Waals surface area contributed by atoms with Crippen LogP contribution in [0.5, 0.6) is 0 Å². The van der Waals surface area contributed by atoms with Gasteiger partial charge in [0.05, 0.1) is 11.3 Å². The lowest BCUT2D eigenvalue weighted by atomic mass is 9.92. The number of sulfonamides is 1. The van der Waals surface area contributed by atoms with Gasteiger partial charge in [0.15, 0.2) is 0 Å². The van der Waals surface area contributed by atoms with Gasteiger partial charge in [-0.15, -0.1) is 12.4 Å². The molecule has 2 heterocycles. The highest BCUT2D eigenvalue weighted by Gasteiger charge is 2.29. The van der Waals surface area contributed by atoms with E-state index in [0.717, 1.165) is 29.3 Å². The molecule has 2 aromatic rings. The van der Waals surface area contributed by atoms with E-state index >= 15 is 0 Å². The van der Waals surface area contributed by atoms with E-state index in [1.54, 1.807) is 10.5 Å². The van der Waals surface area contributed by atoms with E-state index in [9.17, 15) is 8.42 Å². The second-order valence-corrected chi connectivity index (χ2v) is 8.31. The summed E-state index contributed by atoms with van der Waals surface area (Å²) in [5.74, 6) is 0.421. The minimum Gasteiger partial charge on any atom is -0.328 e. The number of pyridine rings is 1. The van der Waals surface area contributed by atoms with Crippen molar-refractivity contribution >= 4 is 33.3 Å². The lowest BCUT2D eigenvalue weighted by Gasteiger charge is -2.33. The fraction of sp³-hybridized carbons (Fsp3) is 0.471. The van der Waals surface area contributed by atoms with E-state index in [1.165, 1.54) is 0 Å². The van der Waals surface area contributed by atoms with Crippen molar-refractivity contribution in [2.75, 3.05) is 13.1 Å². The molecule has 7 heteroatoms. The summed E-state index contributed by atoms with van der Waals surface area (Å²) in [7, 11) is -3.32. The van der Waals surface area contributed by atoms with E-state index in [2.05, 4.69) is 4.98 Å². The highest BCUT2D eigenvalue weighted by atomic mass is 35.5. The SMILES string of the molecule is CC(N)C1CCN(S(=O)(=O)Cc2cccc3cccnc23)CC1.Cl. The zero-order valence-electron chi connectivity index (χ0n) is 13.8. The van der Waals surface area contributed by atoms with Crippen LogP contribution in [0.4, 0.5) is 0 Å². The molecular formula is C17H24ClN3O2S. The number of rotatable bonds is 4. The molecule has 1 saturated heterocycles. The Hall–Kier alpha value is -1.21. The van der Waals surface area contributed by atoms with Gasteiger partial charge in [-0.3, -0.25) is 4.98 Å². The third kappa shape index (κ3) is 4.06. The molecule has 0 aliphatic carbocycles. The molecule has 1 atom stereocenters. The molecule has 0 saturated carbocycles. The number of piperidine rings is 1. The van der Waals surface area contributed by atoms with Crippen LogP contribution in [0.3, 0.4) is 0 Å². The molecule has 1 unspecified atom stereocenters. The molecule has 132 valence electrons. The maximum absolute atomic E-state index is 12.7. The molecule has 1 fully saturated rings. The molecule has 5 nitrogen and oxygen atoms in total. The molecule has 0 radical (unpaired) electrons. The van der Waals surface area contributed by atoms with E-state index < -0.39 is 10.0 Å². The Kier molecular flexibility index (Phi) is 6.20. The van der Waals surface area contributed by atoms with Gasteiger partial charge in [0.1, 0.15) is 0 Å². The molecule has 1 aliphatic rings. The lowest BCUT2D eigenvalue weighted by molar-refractivity contribution is 0.250. The molecule has 2 N–H and O–H groups in total. The lowest BCUT2D eigenvalue weighted by Crippen LogP contribution is -2.42. The van der Waals surface area contributed by atoms with Crippen LogP contribution in [0.15, 0.2) is 36.5 Å². The fourth-order valence-electron chi connectivity index (χ4n) is 3.25. The normalized spacial score (nSPS) is 18.2. The first-order valence-electron chi connectivity index (χ1n) is 8.03. The summed E-state index contributed by atoms with van der Waals surface area (Å²) in [4.78, 5) is 4.35. The Morgan fingerprint density at radius 1 is 1.25 bits per heavy atom. The van der Waals surface area contributed by atoms with E-state index in [0.29, 0.717) is 19.0 Å². The minimum atomic E-state index is -3.32. The quantitative estimate of drug-likeness (QED) is 0.898. The number of nitrogens with zero attached hydrogens (tertiary/aromatic N) is 2. The third-order valence-corrected chi connectivity index (χ3v) is 6.52. The highest BCUT2D eigenvalue weighted by Crippen LogP contribution is 2.25. The van der Waals surface area contributed by atoms with Crippen LogP contribution < -0.4 is 5.73 Å². The molecule has 0 spiro atoms. The Morgan fingerprint density at radius 3 is 2.58 bits per heavy atom. The van der Waals surface area contributed by atoms with Crippen molar-refractivity contribution in [3.05, 3.63) is 42.1 Å². The average molecular weight is 370 g/mol. The third-order valence-electron chi connectivity index (χ3n) is 4.69. The minimum absolute atomic E-state index is 0. The summed E-state index contributed by atoms with van der Waals surface area (Å²) in [6.45, 7) is 3.12. The summed E-state index contributed by atoms with van der Waals surface area (Å²) in [5, 5.41) is 0.968. The van der Waals surface area contributed by atoms with Crippen LogP contribution in [0, 0.1) is 5.92 Å². The first-order chi connectivity index (χ1) is 11.0. The molecular weight excluding hydrogens is 346 g/mol. The topological polar surface area (TPSA) is 76.3 Å². The summed E-state index contributed by atoms with van der Waals surface area (Å²) in [6.07, 6.45) is 3.38.